The number of carboxylic acids is 1. The van der Waals surface area contributed by atoms with E-state index in [1.54, 1.807) is 30.3 Å². The van der Waals surface area contributed by atoms with Crippen molar-refractivity contribution in [1.82, 2.24) is 10.6 Å². The van der Waals surface area contributed by atoms with E-state index in [1.165, 1.54) is 25.1 Å². The third kappa shape index (κ3) is 7.42. The summed E-state index contributed by atoms with van der Waals surface area (Å²) in [5.41, 5.74) is 1.01. The van der Waals surface area contributed by atoms with Crippen LogP contribution in [0.25, 0.3) is 0 Å². The van der Waals surface area contributed by atoms with Crippen molar-refractivity contribution in [3.63, 3.8) is 0 Å². The van der Waals surface area contributed by atoms with Gasteiger partial charge in [-0.15, -0.1) is 0 Å². The van der Waals surface area contributed by atoms with E-state index < -0.39 is 23.9 Å². The highest BCUT2D eigenvalue weighted by Crippen LogP contribution is 2.06. The zero-order valence-corrected chi connectivity index (χ0v) is 15.8. The summed E-state index contributed by atoms with van der Waals surface area (Å²) in [6.07, 6.45) is 3.33. The Bertz CT molecular complexity index is 740. The van der Waals surface area contributed by atoms with Gasteiger partial charge in [0, 0.05) is 12.7 Å². The minimum atomic E-state index is -1.15. The molecule has 1 amide bonds. The maximum absolute atomic E-state index is 12.1. The van der Waals surface area contributed by atoms with Gasteiger partial charge in [0.15, 0.2) is 0 Å². The van der Waals surface area contributed by atoms with Crippen LogP contribution in [0.4, 0.5) is 0 Å². The second-order valence-corrected chi connectivity index (χ2v) is 6.37. The van der Waals surface area contributed by atoms with Crippen molar-refractivity contribution in [3.05, 3.63) is 47.2 Å². The zero-order chi connectivity index (χ0) is 20.2. The second-order valence-electron chi connectivity index (χ2n) is 5.38. The van der Waals surface area contributed by atoms with E-state index in [9.17, 15) is 14.4 Å². The fourth-order valence-electron chi connectivity index (χ4n) is 2.03. The molecule has 144 valence electrons. The Morgan fingerprint density at radius 2 is 2.00 bits per heavy atom. The van der Waals surface area contributed by atoms with Gasteiger partial charge >= 0.3 is 11.9 Å². The van der Waals surface area contributed by atoms with E-state index >= 15 is 0 Å². The summed E-state index contributed by atoms with van der Waals surface area (Å²) in [6.45, 7) is 0.314. The topological polar surface area (TPSA) is 129 Å². The van der Waals surface area contributed by atoms with Gasteiger partial charge in [-0.2, -0.15) is 17.0 Å². The number of nitrogens with zero attached hydrogens (tertiary/aromatic N) is 1. The molecule has 9 heteroatoms. The smallest absolute Gasteiger partial charge is 0.337 e. The SMILES string of the molecule is COC(=O)c1ccc(CN/C=C(/C#N)C(=O)NC(CCSC)C(=O)O)cc1. The largest absolute Gasteiger partial charge is 0.480 e. The molecule has 0 aliphatic carbocycles. The maximum atomic E-state index is 12.1. The summed E-state index contributed by atoms with van der Waals surface area (Å²) in [6, 6.07) is 7.33. The Morgan fingerprint density at radius 1 is 1.33 bits per heavy atom. The van der Waals surface area contributed by atoms with Crippen molar-refractivity contribution < 1.29 is 24.2 Å². The van der Waals surface area contributed by atoms with Crippen LogP contribution in [0.1, 0.15) is 22.3 Å². The average molecular weight is 391 g/mol. The monoisotopic (exact) mass is 391 g/mol. The number of carbonyl (C=O) groups excluding carboxylic acids is 2. The fourth-order valence-corrected chi connectivity index (χ4v) is 2.50. The Labute approximate surface area is 161 Å². The number of benzene rings is 1. The maximum Gasteiger partial charge on any atom is 0.337 e. The van der Waals surface area contributed by atoms with Crippen LogP contribution < -0.4 is 10.6 Å². The molecule has 0 fully saturated rings. The van der Waals surface area contributed by atoms with Crippen molar-refractivity contribution in [1.29, 1.82) is 5.26 Å². The Balaban J connectivity index is 2.66. The number of amides is 1. The molecule has 8 nitrogen and oxygen atoms in total. The van der Waals surface area contributed by atoms with E-state index in [0.717, 1.165) is 5.56 Å². The van der Waals surface area contributed by atoms with Crippen molar-refractivity contribution in [2.24, 2.45) is 0 Å². The number of thioether (sulfide) groups is 1. The standard InChI is InChI=1S/C18H21N3O5S/c1-26-18(25)13-5-3-12(4-6-13)10-20-11-14(9-19)16(22)21-15(17(23)24)7-8-27-2/h3-6,11,15,20H,7-8,10H2,1-2H3,(H,21,22)(H,23,24)/b14-11-. The van der Waals surface area contributed by atoms with E-state index in [4.69, 9.17) is 10.4 Å². The zero-order valence-electron chi connectivity index (χ0n) is 15.0. The summed E-state index contributed by atoms with van der Waals surface area (Å²) in [5.74, 6) is -1.76. The summed E-state index contributed by atoms with van der Waals surface area (Å²) in [5, 5.41) is 23.4. The first kappa shape index (κ1) is 22.1. The summed E-state index contributed by atoms with van der Waals surface area (Å²) >= 11 is 1.47. The quantitative estimate of drug-likeness (QED) is 0.309. The van der Waals surface area contributed by atoms with Crippen LogP contribution in [0.2, 0.25) is 0 Å². The number of hydrogen-bond donors (Lipinski definition) is 3. The van der Waals surface area contributed by atoms with Gasteiger partial charge in [0.2, 0.25) is 0 Å². The van der Waals surface area contributed by atoms with Crippen LogP contribution in [0.5, 0.6) is 0 Å². The Hall–Kier alpha value is -2.99. The number of hydrogen-bond acceptors (Lipinski definition) is 7. The molecule has 1 aromatic carbocycles. The molecule has 1 atom stereocenters. The van der Waals surface area contributed by atoms with Crippen LogP contribution in [0, 0.1) is 11.3 Å². The van der Waals surface area contributed by atoms with Crippen LogP contribution in [0.3, 0.4) is 0 Å². The molecule has 0 spiro atoms. The number of nitrogens with one attached hydrogen (secondary N) is 2. The average Bonchev–Trinajstić information content (AvgIpc) is 2.67. The van der Waals surface area contributed by atoms with Gasteiger partial charge in [0.1, 0.15) is 17.7 Å². The molecule has 1 rings (SSSR count). The molecule has 1 aromatic rings. The molecule has 0 aromatic heterocycles. The van der Waals surface area contributed by atoms with Crippen molar-refractivity contribution in [2.75, 3.05) is 19.1 Å². The van der Waals surface area contributed by atoms with E-state index in [0.29, 0.717) is 17.9 Å². The molecule has 0 saturated heterocycles. The van der Waals surface area contributed by atoms with Crippen molar-refractivity contribution in [3.8, 4) is 6.07 Å². The van der Waals surface area contributed by atoms with E-state index in [-0.39, 0.29) is 12.0 Å². The molecule has 0 bridgehead atoms. The molecular weight excluding hydrogens is 370 g/mol. The molecule has 0 aliphatic rings. The van der Waals surface area contributed by atoms with Crippen molar-refractivity contribution >= 4 is 29.6 Å². The van der Waals surface area contributed by atoms with Crippen LogP contribution in [-0.2, 0) is 20.9 Å². The van der Waals surface area contributed by atoms with Gasteiger partial charge in [-0.3, -0.25) is 4.79 Å². The number of carboxylic acid groups (broad SMARTS) is 1. The predicted octanol–water partition coefficient (Wildman–Crippen LogP) is 1.29. The number of esters is 1. The highest BCUT2D eigenvalue weighted by Gasteiger charge is 2.21. The molecule has 1 unspecified atom stereocenters. The first-order valence-electron chi connectivity index (χ1n) is 7.96. The normalized spacial score (nSPS) is 11.8. The Kier molecular flexibility index (Phi) is 9.47. The number of carbonyl (C=O) groups is 3. The van der Waals surface area contributed by atoms with Gasteiger partial charge in [0.25, 0.3) is 5.91 Å². The van der Waals surface area contributed by atoms with Gasteiger partial charge in [-0.1, -0.05) is 12.1 Å². The summed E-state index contributed by atoms with van der Waals surface area (Å²) in [7, 11) is 1.30. The first-order valence-corrected chi connectivity index (χ1v) is 9.35. The Morgan fingerprint density at radius 3 is 2.52 bits per heavy atom. The van der Waals surface area contributed by atoms with Gasteiger partial charge in [-0.05, 0) is 36.1 Å². The van der Waals surface area contributed by atoms with Gasteiger partial charge in [0.05, 0.1) is 12.7 Å². The molecule has 0 radical (unpaired) electrons. The number of ether oxygens (including phenoxy) is 1. The van der Waals surface area contributed by atoms with Gasteiger partial charge < -0.3 is 20.5 Å². The van der Waals surface area contributed by atoms with Crippen LogP contribution in [0.15, 0.2) is 36.0 Å². The van der Waals surface area contributed by atoms with Crippen LogP contribution in [-0.4, -0.2) is 48.1 Å². The molecule has 0 aliphatic heterocycles. The number of nitriles is 1. The lowest BCUT2D eigenvalue weighted by atomic mass is 10.1. The summed E-state index contributed by atoms with van der Waals surface area (Å²) < 4.78 is 4.61. The number of aliphatic carboxylic acids is 1. The summed E-state index contributed by atoms with van der Waals surface area (Å²) in [4.78, 5) is 34.6. The van der Waals surface area contributed by atoms with Gasteiger partial charge in [-0.25, -0.2) is 9.59 Å². The predicted molar refractivity (Wildman–Crippen MR) is 101 cm³/mol. The third-order valence-corrected chi connectivity index (χ3v) is 4.15. The lowest BCUT2D eigenvalue weighted by Gasteiger charge is -2.13. The molecule has 0 saturated carbocycles. The van der Waals surface area contributed by atoms with Crippen molar-refractivity contribution in [2.45, 2.75) is 19.0 Å². The number of rotatable bonds is 10. The fraction of sp³-hybridized carbons (Fsp3) is 0.333. The second kappa shape index (κ2) is 11.6. The third-order valence-electron chi connectivity index (χ3n) is 3.51. The molecular formula is C18H21N3O5S. The molecule has 3 N–H and O–H groups in total. The lowest BCUT2D eigenvalue weighted by molar-refractivity contribution is -0.141. The van der Waals surface area contributed by atoms with E-state index in [1.807, 2.05) is 6.26 Å². The first-order chi connectivity index (χ1) is 12.9. The molecule has 27 heavy (non-hydrogen) atoms. The highest BCUT2D eigenvalue weighted by molar-refractivity contribution is 7.98. The minimum absolute atomic E-state index is 0.225. The van der Waals surface area contributed by atoms with E-state index in [2.05, 4.69) is 15.4 Å². The number of methoxy groups -OCH3 is 1. The lowest BCUT2D eigenvalue weighted by Crippen LogP contribution is -2.41. The highest BCUT2D eigenvalue weighted by atomic mass is 32.2. The van der Waals surface area contributed by atoms with Crippen LogP contribution >= 0.6 is 11.8 Å². The molecule has 0 heterocycles. The minimum Gasteiger partial charge on any atom is -0.480 e.